The second-order valence-corrected chi connectivity index (χ2v) is 7.01. The van der Waals surface area contributed by atoms with E-state index in [1.54, 1.807) is 6.07 Å². The van der Waals surface area contributed by atoms with Crippen molar-refractivity contribution in [2.45, 2.75) is 32.8 Å². The number of nitriles is 1. The molecule has 0 aliphatic heterocycles. The number of ether oxygens (including phenoxy) is 2. The lowest BCUT2D eigenvalue weighted by Crippen LogP contribution is -2.24. The molecule has 0 aliphatic rings. The molecular formula is C18H18Cl2N4O4. The first-order chi connectivity index (χ1) is 13.1. The van der Waals surface area contributed by atoms with Gasteiger partial charge in [0.15, 0.2) is 11.9 Å². The number of halogens is 2. The number of nitrogens with one attached hydrogen (secondary N) is 1. The molecule has 1 aromatic heterocycles. The van der Waals surface area contributed by atoms with E-state index in [-0.39, 0.29) is 38.8 Å². The Morgan fingerprint density at radius 3 is 2.39 bits per heavy atom. The summed E-state index contributed by atoms with van der Waals surface area (Å²) in [5.74, 6) is 0.245. The Bertz CT molecular complexity index is 975. The van der Waals surface area contributed by atoms with Gasteiger partial charge in [0.25, 0.3) is 5.56 Å². The maximum absolute atomic E-state index is 12.1. The highest BCUT2D eigenvalue weighted by molar-refractivity contribution is 6.37. The van der Waals surface area contributed by atoms with E-state index in [4.69, 9.17) is 37.9 Å². The zero-order chi connectivity index (χ0) is 21.0. The van der Waals surface area contributed by atoms with Crippen molar-refractivity contribution < 1.29 is 14.3 Å². The fraction of sp³-hybridized carbons (Fsp3) is 0.333. The van der Waals surface area contributed by atoms with Crippen LogP contribution in [0.5, 0.6) is 11.6 Å². The van der Waals surface area contributed by atoms with Gasteiger partial charge in [0.1, 0.15) is 6.07 Å². The second kappa shape index (κ2) is 8.95. The molecule has 0 fully saturated rings. The Labute approximate surface area is 171 Å². The molecule has 10 heteroatoms. The maximum Gasteiger partial charge on any atom is 0.412 e. The maximum atomic E-state index is 12.1. The van der Waals surface area contributed by atoms with E-state index in [9.17, 15) is 9.59 Å². The number of benzene rings is 1. The van der Waals surface area contributed by atoms with Gasteiger partial charge in [0, 0.05) is 24.4 Å². The van der Waals surface area contributed by atoms with Crippen LogP contribution in [0.15, 0.2) is 23.0 Å². The van der Waals surface area contributed by atoms with Crippen molar-refractivity contribution in [1.29, 1.82) is 5.26 Å². The zero-order valence-corrected chi connectivity index (χ0v) is 17.1. The summed E-state index contributed by atoms with van der Waals surface area (Å²) in [6.45, 7) is 5.20. The molecule has 28 heavy (non-hydrogen) atoms. The van der Waals surface area contributed by atoms with Gasteiger partial charge < -0.3 is 9.47 Å². The SMILES string of the molecule is CC(C#N)OC(=O)Nc1cc(Cl)c(Oc2cc(C(C)C)c(=O)n(C)n2)c(Cl)c1. The summed E-state index contributed by atoms with van der Waals surface area (Å²) in [6, 6.07) is 6.13. The third-order valence-corrected chi connectivity index (χ3v) is 4.17. The van der Waals surface area contributed by atoms with Crippen LogP contribution in [-0.2, 0) is 11.8 Å². The summed E-state index contributed by atoms with van der Waals surface area (Å²) < 4.78 is 11.7. The molecule has 0 saturated carbocycles. The lowest BCUT2D eigenvalue weighted by atomic mass is 10.1. The van der Waals surface area contributed by atoms with Crippen LogP contribution in [0.2, 0.25) is 10.0 Å². The Morgan fingerprint density at radius 1 is 1.25 bits per heavy atom. The van der Waals surface area contributed by atoms with Crippen LogP contribution in [0, 0.1) is 11.3 Å². The first-order valence-electron chi connectivity index (χ1n) is 8.24. The fourth-order valence-corrected chi connectivity index (χ4v) is 2.80. The van der Waals surface area contributed by atoms with Crippen LogP contribution in [0.3, 0.4) is 0 Å². The van der Waals surface area contributed by atoms with Crippen molar-refractivity contribution in [2.24, 2.45) is 7.05 Å². The minimum atomic E-state index is -0.903. The van der Waals surface area contributed by atoms with Crippen molar-refractivity contribution in [1.82, 2.24) is 9.78 Å². The lowest BCUT2D eigenvalue weighted by molar-refractivity contribution is 0.144. The molecule has 0 radical (unpaired) electrons. The van der Waals surface area contributed by atoms with Crippen molar-refractivity contribution >= 4 is 35.0 Å². The van der Waals surface area contributed by atoms with E-state index in [1.165, 1.54) is 36.9 Å². The number of anilines is 1. The fourth-order valence-electron chi connectivity index (χ4n) is 2.24. The van der Waals surface area contributed by atoms with E-state index in [0.717, 1.165) is 0 Å². The third-order valence-electron chi connectivity index (χ3n) is 3.61. The first-order valence-corrected chi connectivity index (χ1v) is 9.00. The normalized spacial score (nSPS) is 11.6. The first kappa shape index (κ1) is 21.5. The molecule has 0 saturated heterocycles. The van der Waals surface area contributed by atoms with Crippen LogP contribution in [0.1, 0.15) is 32.3 Å². The van der Waals surface area contributed by atoms with Gasteiger partial charge in [-0.25, -0.2) is 9.48 Å². The molecule has 0 bridgehead atoms. The minimum Gasteiger partial charge on any atom is -0.434 e. The van der Waals surface area contributed by atoms with Crippen LogP contribution in [0.4, 0.5) is 10.5 Å². The summed E-state index contributed by atoms with van der Waals surface area (Å²) >= 11 is 12.4. The van der Waals surface area contributed by atoms with E-state index < -0.39 is 12.2 Å². The molecule has 0 spiro atoms. The van der Waals surface area contributed by atoms with Crippen molar-refractivity contribution in [3.05, 3.63) is 44.2 Å². The van der Waals surface area contributed by atoms with E-state index in [2.05, 4.69) is 10.4 Å². The van der Waals surface area contributed by atoms with E-state index in [0.29, 0.717) is 5.56 Å². The summed E-state index contributed by atoms with van der Waals surface area (Å²) in [5.41, 5.74) is 0.574. The summed E-state index contributed by atoms with van der Waals surface area (Å²) in [6.07, 6.45) is -1.73. The van der Waals surface area contributed by atoms with Gasteiger partial charge in [-0.05, 0) is 25.0 Å². The molecule has 1 heterocycles. The third kappa shape index (κ3) is 5.15. The largest absolute Gasteiger partial charge is 0.434 e. The van der Waals surface area contributed by atoms with Crippen LogP contribution < -0.4 is 15.6 Å². The summed E-state index contributed by atoms with van der Waals surface area (Å²) in [5, 5.41) is 15.4. The highest BCUT2D eigenvalue weighted by Gasteiger charge is 2.17. The molecular weight excluding hydrogens is 407 g/mol. The average Bonchev–Trinajstić information content (AvgIpc) is 2.60. The van der Waals surface area contributed by atoms with Gasteiger partial charge in [0.2, 0.25) is 5.88 Å². The minimum absolute atomic E-state index is 0.0246. The number of aryl methyl sites for hydroxylation is 1. The zero-order valence-electron chi connectivity index (χ0n) is 15.6. The molecule has 1 amide bonds. The molecule has 1 atom stereocenters. The second-order valence-electron chi connectivity index (χ2n) is 6.19. The topological polar surface area (TPSA) is 106 Å². The number of hydrogen-bond donors (Lipinski definition) is 1. The van der Waals surface area contributed by atoms with Gasteiger partial charge in [-0.2, -0.15) is 5.26 Å². The Hall–Kier alpha value is -2.76. The van der Waals surface area contributed by atoms with Crippen LogP contribution in [-0.4, -0.2) is 22.0 Å². The molecule has 1 unspecified atom stereocenters. The summed E-state index contributed by atoms with van der Waals surface area (Å²) in [7, 11) is 1.52. The smallest absolute Gasteiger partial charge is 0.412 e. The monoisotopic (exact) mass is 424 g/mol. The molecule has 1 N–H and O–H groups in total. The number of carbonyl (C=O) groups is 1. The Balaban J connectivity index is 2.28. The van der Waals surface area contributed by atoms with Crippen molar-refractivity contribution in [3.8, 4) is 17.7 Å². The van der Waals surface area contributed by atoms with Crippen LogP contribution in [0.25, 0.3) is 0 Å². The molecule has 8 nitrogen and oxygen atoms in total. The molecule has 1 aromatic carbocycles. The van der Waals surface area contributed by atoms with Gasteiger partial charge >= 0.3 is 6.09 Å². The number of amides is 1. The highest BCUT2D eigenvalue weighted by Crippen LogP contribution is 2.38. The van der Waals surface area contributed by atoms with Gasteiger partial charge in [0.05, 0.1) is 10.0 Å². The van der Waals surface area contributed by atoms with Gasteiger partial charge in [-0.3, -0.25) is 10.1 Å². The predicted octanol–water partition coefficient (Wildman–Crippen LogP) is 4.46. The number of aromatic nitrogens is 2. The number of carbonyl (C=O) groups excluding carboxylic acids is 1. The number of rotatable bonds is 5. The summed E-state index contributed by atoms with van der Waals surface area (Å²) in [4.78, 5) is 23.8. The average molecular weight is 425 g/mol. The van der Waals surface area contributed by atoms with Crippen molar-refractivity contribution in [2.75, 3.05) is 5.32 Å². The van der Waals surface area contributed by atoms with Gasteiger partial charge in [-0.15, -0.1) is 5.10 Å². The molecule has 2 aromatic rings. The van der Waals surface area contributed by atoms with Gasteiger partial charge in [-0.1, -0.05) is 37.0 Å². The van der Waals surface area contributed by atoms with E-state index in [1.807, 2.05) is 13.8 Å². The highest BCUT2D eigenvalue weighted by atomic mass is 35.5. The molecule has 0 aliphatic carbocycles. The lowest BCUT2D eigenvalue weighted by Gasteiger charge is -2.14. The number of hydrogen-bond acceptors (Lipinski definition) is 6. The van der Waals surface area contributed by atoms with Crippen molar-refractivity contribution in [3.63, 3.8) is 0 Å². The molecule has 148 valence electrons. The predicted molar refractivity (Wildman–Crippen MR) is 105 cm³/mol. The number of nitrogens with zero attached hydrogens (tertiary/aromatic N) is 3. The van der Waals surface area contributed by atoms with E-state index >= 15 is 0 Å². The Morgan fingerprint density at radius 2 is 1.86 bits per heavy atom. The molecule has 2 rings (SSSR count). The van der Waals surface area contributed by atoms with Crippen LogP contribution >= 0.6 is 23.2 Å². The quantitative estimate of drug-likeness (QED) is 0.758. The standard InChI is InChI=1S/C18H18Cl2N4O4/c1-9(2)12-7-15(23-24(4)17(12)25)28-16-13(19)5-11(6-14(16)20)22-18(26)27-10(3)8-21/h5-7,9-10H,1-4H3,(H,22,26). The Kier molecular flexibility index (Phi) is 6.89.